The molecule has 0 spiro atoms. The largest absolute Gasteiger partial charge is 0.344 e. The highest BCUT2D eigenvalue weighted by Gasteiger charge is 2.39. The molecular formula is C35H42N2O4. The van der Waals surface area contributed by atoms with E-state index >= 15 is 0 Å². The van der Waals surface area contributed by atoms with E-state index in [-0.39, 0.29) is 30.1 Å². The zero-order valence-corrected chi connectivity index (χ0v) is 25.0. The normalized spacial score (nSPS) is 17.5. The van der Waals surface area contributed by atoms with Gasteiger partial charge in [0.25, 0.3) is 11.8 Å². The summed E-state index contributed by atoms with van der Waals surface area (Å²) in [6.45, 7) is 16.3. The van der Waals surface area contributed by atoms with E-state index in [1.165, 1.54) is 28.1 Å². The van der Waals surface area contributed by atoms with Gasteiger partial charge in [-0.15, -0.1) is 5.06 Å². The van der Waals surface area contributed by atoms with Gasteiger partial charge in [-0.05, 0) is 54.2 Å². The number of carbonyl (C=O) groups excluding carboxylic acids is 3. The molecule has 2 aliphatic heterocycles. The Kier molecular flexibility index (Phi) is 9.01. The van der Waals surface area contributed by atoms with Crippen LogP contribution in [0.3, 0.4) is 0 Å². The highest BCUT2D eigenvalue weighted by atomic mass is 16.7. The van der Waals surface area contributed by atoms with Crippen LogP contribution in [0.5, 0.6) is 0 Å². The van der Waals surface area contributed by atoms with Crippen LogP contribution >= 0.6 is 0 Å². The Balaban J connectivity index is 1.41. The third kappa shape index (κ3) is 6.37. The Morgan fingerprint density at radius 1 is 1.00 bits per heavy atom. The molecule has 2 aromatic rings. The molecule has 216 valence electrons. The molecule has 2 aliphatic rings. The maximum Gasteiger partial charge on any atom is 0.333 e. The topological polar surface area (TPSA) is 66.9 Å². The molecule has 0 radical (unpaired) electrons. The Bertz CT molecular complexity index is 1380. The smallest absolute Gasteiger partial charge is 0.333 e. The zero-order chi connectivity index (χ0) is 29.8. The van der Waals surface area contributed by atoms with Gasteiger partial charge in [-0.25, -0.2) is 4.79 Å². The van der Waals surface area contributed by atoms with E-state index in [0.29, 0.717) is 11.5 Å². The van der Waals surface area contributed by atoms with E-state index in [1.807, 2.05) is 0 Å². The summed E-state index contributed by atoms with van der Waals surface area (Å²) in [6, 6.07) is 17.0. The maximum absolute atomic E-state index is 12.2. The highest BCUT2D eigenvalue weighted by Crippen LogP contribution is 2.47. The number of hydrogen-bond donors (Lipinski definition) is 0. The molecule has 0 aromatic heterocycles. The molecule has 6 nitrogen and oxygen atoms in total. The number of aryl methyl sites for hydroxylation is 1. The number of benzene rings is 2. The second-order valence-corrected chi connectivity index (χ2v) is 12.0. The lowest BCUT2D eigenvalue weighted by Gasteiger charge is -2.28. The summed E-state index contributed by atoms with van der Waals surface area (Å²) in [5, 5.41) is 0.618. The minimum absolute atomic E-state index is 0.101. The van der Waals surface area contributed by atoms with Crippen LogP contribution in [0.1, 0.15) is 82.9 Å². The lowest BCUT2D eigenvalue weighted by atomic mass is 9.76. The zero-order valence-electron chi connectivity index (χ0n) is 25.0. The first-order valence-corrected chi connectivity index (χ1v) is 14.5. The monoisotopic (exact) mass is 554 g/mol. The Morgan fingerprint density at radius 3 is 2.37 bits per heavy atom. The van der Waals surface area contributed by atoms with E-state index in [1.54, 1.807) is 0 Å². The van der Waals surface area contributed by atoms with Gasteiger partial charge in [0.15, 0.2) is 0 Å². The predicted octanol–water partition coefficient (Wildman–Crippen LogP) is 7.23. The molecule has 0 unspecified atom stereocenters. The quantitative estimate of drug-likeness (QED) is 0.166. The average Bonchev–Trinajstić information content (AvgIpc) is 3.36. The number of allylic oxidation sites excluding steroid dienone is 5. The lowest BCUT2D eigenvalue weighted by Crippen LogP contribution is -2.32. The Morgan fingerprint density at radius 2 is 1.66 bits per heavy atom. The number of unbranched alkanes of at least 4 members (excludes halogenated alkanes) is 2. The predicted molar refractivity (Wildman–Crippen MR) is 163 cm³/mol. The summed E-state index contributed by atoms with van der Waals surface area (Å²) in [4.78, 5) is 42.9. The van der Waals surface area contributed by atoms with Crippen molar-refractivity contribution in [1.29, 1.82) is 0 Å². The van der Waals surface area contributed by atoms with Crippen molar-refractivity contribution in [2.75, 3.05) is 11.4 Å². The first-order valence-electron chi connectivity index (χ1n) is 14.5. The Labute approximate surface area is 244 Å². The molecule has 0 atom stereocenters. The number of para-hydroxylation sites is 1. The van der Waals surface area contributed by atoms with Crippen LogP contribution < -0.4 is 4.90 Å². The number of hydroxylamine groups is 2. The molecule has 41 heavy (non-hydrogen) atoms. The van der Waals surface area contributed by atoms with Crippen LogP contribution in [0, 0.1) is 6.92 Å². The fourth-order valence-electron chi connectivity index (χ4n) is 5.81. The van der Waals surface area contributed by atoms with Gasteiger partial charge in [-0.3, -0.25) is 9.59 Å². The van der Waals surface area contributed by atoms with E-state index in [4.69, 9.17) is 4.84 Å². The van der Waals surface area contributed by atoms with E-state index in [9.17, 15) is 14.4 Å². The van der Waals surface area contributed by atoms with Crippen molar-refractivity contribution in [2.24, 2.45) is 0 Å². The molecule has 1 saturated heterocycles. The fourth-order valence-corrected chi connectivity index (χ4v) is 5.81. The summed E-state index contributed by atoms with van der Waals surface area (Å²) in [5.41, 5.74) is 6.96. The molecule has 1 fully saturated rings. The van der Waals surface area contributed by atoms with Gasteiger partial charge < -0.3 is 9.74 Å². The highest BCUT2D eigenvalue weighted by molar-refractivity contribution is 6.01. The lowest BCUT2D eigenvalue weighted by molar-refractivity contribution is -0.197. The standard InChI is InChI=1S/C35H42N2O4/c1-25-15-9-10-17-27(25)34(3,4)26(2)16-14-20-30-35(5,6)28-18-11-12-19-29(28)36(30)24-13-7-8-21-33(40)41-37-31(38)22-23-32(37)39/h9-12,14-20H,2,7-8,13,21-24H2,1,3-6H3/b16-14+,30-20+. The van der Waals surface area contributed by atoms with Crippen LogP contribution in [-0.2, 0) is 30.1 Å². The van der Waals surface area contributed by atoms with Crippen molar-refractivity contribution in [3.63, 3.8) is 0 Å². The molecule has 0 saturated carbocycles. The molecule has 2 amide bonds. The van der Waals surface area contributed by atoms with Crippen molar-refractivity contribution >= 4 is 23.5 Å². The molecule has 2 heterocycles. The number of nitrogens with zero attached hydrogens (tertiary/aromatic N) is 2. The first kappa shape index (κ1) is 30.0. The first-order chi connectivity index (χ1) is 19.4. The summed E-state index contributed by atoms with van der Waals surface area (Å²) in [5.74, 6) is -1.44. The van der Waals surface area contributed by atoms with Gasteiger partial charge in [-0.2, -0.15) is 0 Å². The van der Waals surface area contributed by atoms with Crippen molar-refractivity contribution in [2.45, 2.75) is 84.0 Å². The number of hydrogen-bond acceptors (Lipinski definition) is 5. The van der Waals surface area contributed by atoms with Crippen LogP contribution in [0.25, 0.3) is 0 Å². The van der Waals surface area contributed by atoms with Crippen LogP contribution in [0.2, 0.25) is 0 Å². The van der Waals surface area contributed by atoms with Crippen LogP contribution in [0.4, 0.5) is 5.69 Å². The van der Waals surface area contributed by atoms with Crippen LogP contribution in [-0.4, -0.2) is 29.4 Å². The van der Waals surface area contributed by atoms with Gasteiger partial charge in [0.05, 0.1) is 0 Å². The number of anilines is 1. The maximum atomic E-state index is 12.2. The average molecular weight is 555 g/mol. The van der Waals surface area contributed by atoms with Crippen LogP contribution in [0.15, 0.2) is 84.6 Å². The molecule has 6 heteroatoms. The van der Waals surface area contributed by atoms with Crippen molar-refractivity contribution < 1.29 is 19.2 Å². The van der Waals surface area contributed by atoms with E-state index in [0.717, 1.165) is 25.0 Å². The van der Waals surface area contributed by atoms with Crippen molar-refractivity contribution in [3.05, 3.63) is 101 Å². The summed E-state index contributed by atoms with van der Waals surface area (Å²) >= 11 is 0. The second kappa shape index (κ2) is 12.3. The van der Waals surface area contributed by atoms with Gasteiger partial charge in [0.2, 0.25) is 0 Å². The number of rotatable bonds is 11. The number of amides is 2. The molecule has 0 N–H and O–H groups in total. The summed E-state index contributed by atoms with van der Waals surface area (Å²) in [7, 11) is 0. The molecular weight excluding hydrogens is 512 g/mol. The van der Waals surface area contributed by atoms with Crippen molar-refractivity contribution in [3.8, 4) is 0 Å². The second-order valence-electron chi connectivity index (χ2n) is 12.0. The third-order valence-corrected chi connectivity index (χ3v) is 8.43. The molecule has 4 rings (SSSR count). The van der Waals surface area contributed by atoms with Crippen molar-refractivity contribution in [1.82, 2.24) is 5.06 Å². The number of fused-ring (bicyclic) bond motifs is 1. The summed E-state index contributed by atoms with van der Waals surface area (Å²) < 4.78 is 0. The Hall–Kier alpha value is -3.93. The SMILES string of the molecule is C=C(/C=C/C=C1/N(CCCCCC(=O)ON2C(=O)CCC2=O)c2ccccc2C1(C)C)C(C)(C)c1ccccc1C. The number of carbonyl (C=O) groups is 3. The summed E-state index contributed by atoms with van der Waals surface area (Å²) in [6.07, 6.45) is 9.15. The van der Waals surface area contributed by atoms with E-state index in [2.05, 4.69) is 113 Å². The molecule has 0 aliphatic carbocycles. The minimum atomic E-state index is -0.541. The molecule has 0 bridgehead atoms. The van der Waals surface area contributed by atoms with Gasteiger partial charge >= 0.3 is 5.97 Å². The minimum Gasteiger partial charge on any atom is -0.344 e. The number of imide groups is 1. The van der Waals surface area contributed by atoms with Gasteiger partial charge in [-0.1, -0.05) is 95.3 Å². The van der Waals surface area contributed by atoms with E-state index < -0.39 is 17.8 Å². The van der Waals surface area contributed by atoms with Gasteiger partial charge in [0, 0.05) is 48.0 Å². The molecule has 2 aromatic carbocycles. The third-order valence-electron chi connectivity index (χ3n) is 8.43. The van der Waals surface area contributed by atoms with Gasteiger partial charge in [0.1, 0.15) is 0 Å². The fraction of sp³-hybridized carbons (Fsp3) is 0.400.